The van der Waals surface area contributed by atoms with Crippen LogP contribution in [0.3, 0.4) is 0 Å². The standard InChI is InChI=1S/C41H35ClN2O5/c1-3-24-15-17-27(18-16-24)43-37(46)30-20-19-29-32(34(30)39(43)48)22-33-38(47)44(28-13-8-12-26(42)21-28)40(49)41(33,25-10-5-4-6-11-25)35(29)31-14-7-9-23(2)36(31)45/h4-19,21,30,32-35,45H,3,20,22H2,1-2H3. The Balaban J connectivity index is 1.35. The number of amides is 4. The summed E-state index contributed by atoms with van der Waals surface area (Å²) in [5.74, 6) is -4.82. The van der Waals surface area contributed by atoms with Gasteiger partial charge in [0.25, 0.3) is 0 Å². The number of fused-ring (bicyclic) bond motifs is 4. The second kappa shape index (κ2) is 11.6. The fourth-order valence-corrected chi connectivity index (χ4v) is 9.32. The molecule has 4 aromatic carbocycles. The lowest BCUT2D eigenvalue weighted by Crippen LogP contribution is -2.53. The molecule has 1 N–H and O–H groups in total. The summed E-state index contributed by atoms with van der Waals surface area (Å²) in [7, 11) is 0. The van der Waals surface area contributed by atoms with Crippen molar-refractivity contribution in [1.82, 2.24) is 0 Å². The van der Waals surface area contributed by atoms with Crippen LogP contribution in [0.15, 0.2) is 109 Å². The van der Waals surface area contributed by atoms with E-state index in [9.17, 15) is 19.5 Å². The second-order valence-corrected chi connectivity index (χ2v) is 14.1. The molecule has 3 fully saturated rings. The van der Waals surface area contributed by atoms with Crippen molar-refractivity contribution in [2.45, 2.75) is 44.4 Å². The van der Waals surface area contributed by atoms with E-state index in [0.29, 0.717) is 39.5 Å². The highest BCUT2D eigenvalue weighted by atomic mass is 35.5. The highest BCUT2D eigenvalue weighted by Gasteiger charge is 2.70. The number of phenolic OH excluding ortho intramolecular Hbond substituents is 1. The average Bonchev–Trinajstić information content (AvgIpc) is 3.50. The molecule has 8 rings (SSSR count). The molecule has 7 nitrogen and oxygen atoms in total. The molecule has 2 aliphatic heterocycles. The number of hydrogen-bond donors (Lipinski definition) is 1. The van der Waals surface area contributed by atoms with E-state index in [1.165, 1.54) is 9.80 Å². The summed E-state index contributed by atoms with van der Waals surface area (Å²) in [6.45, 7) is 3.85. The lowest BCUT2D eigenvalue weighted by atomic mass is 9.49. The molecule has 0 bridgehead atoms. The Morgan fingerprint density at radius 3 is 2.24 bits per heavy atom. The summed E-state index contributed by atoms with van der Waals surface area (Å²) in [5.41, 5.74) is 3.16. The van der Waals surface area contributed by atoms with Crippen molar-refractivity contribution < 1.29 is 24.3 Å². The molecular weight excluding hydrogens is 636 g/mol. The molecule has 0 aromatic heterocycles. The maximum atomic E-state index is 15.3. The van der Waals surface area contributed by atoms with Crippen molar-refractivity contribution in [3.8, 4) is 5.75 Å². The van der Waals surface area contributed by atoms with Crippen LogP contribution < -0.4 is 9.80 Å². The third-order valence-corrected chi connectivity index (χ3v) is 11.6. The van der Waals surface area contributed by atoms with Crippen LogP contribution in [0.1, 0.15) is 47.9 Å². The minimum Gasteiger partial charge on any atom is -0.507 e. The molecule has 2 aliphatic carbocycles. The number of para-hydroxylation sites is 1. The second-order valence-electron chi connectivity index (χ2n) is 13.6. The normalized spacial score (nSPS) is 27.6. The highest BCUT2D eigenvalue weighted by Crippen LogP contribution is 2.65. The number of allylic oxidation sites excluding steroid dienone is 2. The zero-order valence-electron chi connectivity index (χ0n) is 27.2. The Kier molecular flexibility index (Phi) is 7.37. The molecule has 8 heteroatoms. The molecule has 246 valence electrons. The first-order valence-corrected chi connectivity index (χ1v) is 17.2. The van der Waals surface area contributed by atoms with Gasteiger partial charge in [0.15, 0.2) is 0 Å². The van der Waals surface area contributed by atoms with E-state index in [4.69, 9.17) is 11.6 Å². The van der Waals surface area contributed by atoms with E-state index in [1.54, 1.807) is 37.3 Å². The summed E-state index contributed by atoms with van der Waals surface area (Å²) in [6.07, 6.45) is 3.34. The molecule has 1 saturated carbocycles. The van der Waals surface area contributed by atoms with Crippen LogP contribution >= 0.6 is 11.6 Å². The third-order valence-electron chi connectivity index (χ3n) is 11.3. The van der Waals surface area contributed by atoms with E-state index in [0.717, 1.165) is 17.6 Å². The molecule has 4 aromatic rings. The van der Waals surface area contributed by atoms with Crippen molar-refractivity contribution in [3.05, 3.63) is 136 Å². The number of aryl methyl sites for hydroxylation is 2. The minimum atomic E-state index is -1.44. The molecule has 4 amide bonds. The van der Waals surface area contributed by atoms with E-state index in [-0.39, 0.29) is 24.0 Å². The zero-order chi connectivity index (χ0) is 34.2. The van der Waals surface area contributed by atoms with Crippen molar-refractivity contribution in [3.63, 3.8) is 0 Å². The van der Waals surface area contributed by atoms with Gasteiger partial charge in [-0.25, -0.2) is 4.90 Å². The first-order valence-electron chi connectivity index (χ1n) is 16.8. The lowest BCUT2D eigenvalue weighted by Gasteiger charge is -2.50. The Morgan fingerprint density at radius 1 is 0.796 bits per heavy atom. The average molecular weight is 671 g/mol. The van der Waals surface area contributed by atoms with Crippen LogP contribution in [0.5, 0.6) is 5.75 Å². The Morgan fingerprint density at radius 2 is 1.53 bits per heavy atom. The molecule has 49 heavy (non-hydrogen) atoms. The van der Waals surface area contributed by atoms with Crippen LogP contribution in [0.2, 0.25) is 5.02 Å². The summed E-state index contributed by atoms with van der Waals surface area (Å²) in [5, 5.41) is 12.1. The van der Waals surface area contributed by atoms with Crippen molar-refractivity contribution in [2.24, 2.45) is 23.7 Å². The van der Waals surface area contributed by atoms with E-state index in [1.807, 2.05) is 79.7 Å². The highest BCUT2D eigenvalue weighted by molar-refractivity contribution is 6.32. The number of benzene rings is 4. The third kappa shape index (κ3) is 4.41. The van der Waals surface area contributed by atoms with Gasteiger partial charge >= 0.3 is 0 Å². The van der Waals surface area contributed by atoms with Gasteiger partial charge in [0.1, 0.15) is 5.75 Å². The summed E-state index contributed by atoms with van der Waals surface area (Å²) in [6, 6.07) is 29.0. The lowest BCUT2D eigenvalue weighted by molar-refractivity contribution is -0.127. The molecule has 6 unspecified atom stereocenters. The number of phenols is 1. The molecule has 6 atom stereocenters. The number of carbonyl (C=O) groups excluding carboxylic acids is 4. The topological polar surface area (TPSA) is 95.0 Å². The van der Waals surface area contributed by atoms with E-state index < -0.39 is 46.8 Å². The number of carbonyl (C=O) groups is 4. The predicted octanol–water partition coefficient (Wildman–Crippen LogP) is 7.28. The summed E-state index contributed by atoms with van der Waals surface area (Å²) < 4.78 is 0. The first-order chi connectivity index (χ1) is 23.7. The van der Waals surface area contributed by atoms with Crippen LogP contribution in [-0.2, 0) is 31.0 Å². The smallest absolute Gasteiger partial charge is 0.246 e. The van der Waals surface area contributed by atoms with Crippen LogP contribution in [0, 0.1) is 30.6 Å². The van der Waals surface area contributed by atoms with E-state index >= 15 is 4.79 Å². The van der Waals surface area contributed by atoms with Gasteiger partial charge in [-0.3, -0.25) is 24.1 Å². The number of halogens is 1. The van der Waals surface area contributed by atoms with Gasteiger partial charge in [0, 0.05) is 16.5 Å². The predicted molar refractivity (Wildman–Crippen MR) is 187 cm³/mol. The van der Waals surface area contributed by atoms with Crippen molar-refractivity contribution in [1.29, 1.82) is 0 Å². The Bertz CT molecular complexity index is 2080. The molecule has 0 spiro atoms. The number of nitrogens with zero attached hydrogens (tertiary/aromatic N) is 2. The number of hydrogen-bond acceptors (Lipinski definition) is 5. The minimum absolute atomic E-state index is 0.0400. The maximum absolute atomic E-state index is 15.3. The molecule has 2 heterocycles. The quantitative estimate of drug-likeness (QED) is 0.178. The molecular formula is C41H35ClN2O5. The maximum Gasteiger partial charge on any atom is 0.246 e. The molecule has 0 radical (unpaired) electrons. The number of rotatable bonds is 5. The van der Waals surface area contributed by atoms with Crippen molar-refractivity contribution in [2.75, 3.05) is 9.80 Å². The van der Waals surface area contributed by atoms with Crippen LogP contribution in [-0.4, -0.2) is 28.7 Å². The fourth-order valence-electron chi connectivity index (χ4n) is 9.14. The van der Waals surface area contributed by atoms with Gasteiger partial charge in [-0.15, -0.1) is 0 Å². The molecule has 2 saturated heterocycles. The number of imide groups is 2. The zero-order valence-corrected chi connectivity index (χ0v) is 27.9. The van der Waals surface area contributed by atoms with Gasteiger partial charge < -0.3 is 5.11 Å². The monoisotopic (exact) mass is 670 g/mol. The van der Waals surface area contributed by atoms with Gasteiger partial charge in [-0.05, 0) is 79.1 Å². The number of anilines is 2. The number of aromatic hydroxyl groups is 1. The van der Waals surface area contributed by atoms with Crippen LogP contribution in [0.25, 0.3) is 0 Å². The largest absolute Gasteiger partial charge is 0.507 e. The first kappa shape index (κ1) is 31.3. The van der Waals surface area contributed by atoms with Gasteiger partial charge in [-0.1, -0.05) is 96.9 Å². The Labute approximate surface area is 289 Å². The van der Waals surface area contributed by atoms with Crippen molar-refractivity contribution >= 4 is 46.6 Å². The molecule has 4 aliphatic rings. The fraction of sp³-hybridized carbons (Fsp3) is 0.268. The summed E-state index contributed by atoms with van der Waals surface area (Å²) in [4.78, 5) is 61.2. The van der Waals surface area contributed by atoms with Gasteiger partial charge in [0.2, 0.25) is 23.6 Å². The SMILES string of the molecule is CCc1ccc(N2C(=O)C3CC=C4C(CC5C(=O)N(c6cccc(Cl)c6)C(=O)C5(c5ccccc5)C4c4cccc(C)c4O)C3C2=O)cc1. The summed E-state index contributed by atoms with van der Waals surface area (Å²) >= 11 is 6.39. The van der Waals surface area contributed by atoms with Crippen LogP contribution in [0.4, 0.5) is 11.4 Å². The van der Waals surface area contributed by atoms with Gasteiger partial charge in [-0.2, -0.15) is 0 Å². The Hall–Kier alpha value is -5.01. The van der Waals surface area contributed by atoms with E-state index in [2.05, 4.69) is 0 Å². The van der Waals surface area contributed by atoms with Gasteiger partial charge in [0.05, 0.1) is 34.5 Å².